The maximum absolute atomic E-state index is 12.5. The summed E-state index contributed by atoms with van der Waals surface area (Å²) in [6.07, 6.45) is 4.76. The molecule has 3 fully saturated rings. The molecule has 1 amide bonds. The molecule has 2 heterocycles. The number of carbonyl (C=O) groups is 1. The van der Waals surface area contributed by atoms with E-state index < -0.39 is 0 Å². The zero-order valence-electron chi connectivity index (χ0n) is 17.8. The van der Waals surface area contributed by atoms with Gasteiger partial charge < -0.3 is 10.6 Å². The first-order valence-electron chi connectivity index (χ1n) is 10.8. The lowest BCUT2D eigenvalue weighted by Gasteiger charge is -2.35. The number of hydrogen-bond acceptors (Lipinski definition) is 3. The average Bonchev–Trinajstić information content (AvgIpc) is 3.33. The third-order valence-corrected chi connectivity index (χ3v) is 6.95. The van der Waals surface area contributed by atoms with Gasteiger partial charge in [0.15, 0.2) is 0 Å². The maximum Gasteiger partial charge on any atom is 0.223 e. The number of likely N-dealkylation sites (tertiary alicyclic amines) is 1. The first kappa shape index (κ1) is 24.5. The van der Waals surface area contributed by atoms with Crippen LogP contribution in [0.2, 0.25) is 0 Å². The molecule has 4 rings (SSSR count). The summed E-state index contributed by atoms with van der Waals surface area (Å²) in [5.41, 5.74) is 2.90. The van der Waals surface area contributed by atoms with E-state index in [2.05, 4.69) is 53.6 Å². The molecule has 0 aromatic heterocycles. The van der Waals surface area contributed by atoms with Gasteiger partial charge in [-0.2, -0.15) is 0 Å². The van der Waals surface area contributed by atoms with Gasteiger partial charge >= 0.3 is 0 Å². The van der Waals surface area contributed by atoms with Gasteiger partial charge in [0.2, 0.25) is 5.91 Å². The van der Waals surface area contributed by atoms with Crippen LogP contribution in [0, 0.1) is 23.2 Å². The van der Waals surface area contributed by atoms with Crippen molar-refractivity contribution in [1.29, 1.82) is 0 Å². The van der Waals surface area contributed by atoms with E-state index in [4.69, 9.17) is 0 Å². The van der Waals surface area contributed by atoms with Crippen LogP contribution in [0.15, 0.2) is 24.3 Å². The van der Waals surface area contributed by atoms with Gasteiger partial charge in [-0.3, -0.25) is 9.69 Å². The van der Waals surface area contributed by atoms with Crippen LogP contribution in [0.5, 0.6) is 0 Å². The largest absolute Gasteiger partial charge is 0.352 e. The second kappa shape index (κ2) is 10.5. The molecule has 2 saturated heterocycles. The van der Waals surface area contributed by atoms with E-state index >= 15 is 0 Å². The van der Waals surface area contributed by atoms with Gasteiger partial charge in [0.25, 0.3) is 0 Å². The fraction of sp³-hybridized carbons (Fsp3) is 0.696. The number of carbonyl (C=O) groups excluding carboxylic acids is 1. The fourth-order valence-corrected chi connectivity index (χ4v) is 5.45. The Morgan fingerprint density at radius 2 is 1.66 bits per heavy atom. The Kier molecular flexibility index (Phi) is 8.84. The molecular formula is C23H37Cl2N3O. The molecule has 3 atom stereocenters. The molecule has 1 saturated carbocycles. The molecule has 0 bridgehead atoms. The SMILES string of the molecule is CC1CC(C)CN(Cc2ccc(CNC(=O)C3CC34CCNCC4)cc2)C1.Cl.Cl. The van der Waals surface area contributed by atoms with E-state index in [-0.39, 0.29) is 36.6 Å². The zero-order chi connectivity index (χ0) is 18.9. The van der Waals surface area contributed by atoms with Crippen LogP contribution in [-0.4, -0.2) is 37.0 Å². The van der Waals surface area contributed by atoms with Crippen LogP contribution in [0.25, 0.3) is 0 Å². The number of nitrogens with one attached hydrogen (secondary N) is 2. The Hall–Kier alpha value is -0.810. The van der Waals surface area contributed by atoms with Crippen molar-refractivity contribution >= 4 is 30.7 Å². The molecule has 3 aliphatic rings. The second-order valence-electron chi connectivity index (χ2n) is 9.54. The molecule has 1 aromatic rings. The highest BCUT2D eigenvalue weighted by Crippen LogP contribution is 2.58. The van der Waals surface area contributed by atoms with Crippen LogP contribution >= 0.6 is 24.8 Å². The summed E-state index contributed by atoms with van der Waals surface area (Å²) < 4.78 is 0. The van der Waals surface area contributed by atoms with Gasteiger partial charge in [-0.25, -0.2) is 0 Å². The van der Waals surface area contributed by atoms with Crippen LogP contribution in [0.1, 0.15) is 50.7 Å². The van der Waals surface area contributed by atoms with Crippen molar-refractivity contribution in [2.45, 2.75) is 52.6 Å². The first-order chi connectivity index (χ1) is 13.0. The minimum absolute atomic E-state index is 0. The molecule has 4 nitrogen and oxygen atoms in total. The number of rotatable bonds is 5. The monoisotopic (exact) mass is 441 g/mol. The van der Waals surface area contributed by atoms with Crippen molar-refractivity contribution < 1.29 is 4.79 Å². The van der Waals surface area contributed by atoms with Crippen LogP contribution in [0.4, 0.5) is 0 Å². The third-order valence-electron chi connectivity index (χ3n) is 6.95. The highest BCUT2D eigenvalue weighted by atomic mass is 35.5. The molecule has 0 radical (unpaired) electrons. The van der Waals surface area contributed by atoms with E-state index in [1.165, 1.54) is 30.6 Å². The van der Waals surface area contributed by atoms with E-state index in [1.54, 1.807) is 0 Å². The lowest BCUT2D eigenvalue weighted by molar-refractivity contribution is -0.123. The van der Waals surface area contributed by atoms with E-state index in [0.717, 1.165) is 50.7 Å². The minimum atomic E-state index is 0. The summed E-state index contributed by atoms with van der Waals surface area (Å²) in [6.45, 7) is 11.0. The number of hydrogen-bond donors (Lipinski definition) is 2. The number of amides is 1. The van der Waals surface area contributed by atoms with Gasteiger partial charge in [-0.15, -0.1) is 24.8 Å². The van der Waals surface area contributed by atoms with Crippen molar-refractivity contribution in [1.82, 2.24) is 15.5 Å². The zero-order valence-corrected chi connectivity index (χ0v) is 19.4. The maximum atomic E-state index is 12.5. The summed E-state index contributed by atoms with van der Waals surface area (Å²) in [4.78, 5) is 15.1. The predicted octanol–water partition coefficient (Wildman–Crippen LogP) is 4.01. The molecule has 2 aliphatic heterocycles. The summed E-state index contributed by atoms with van der Waals surface area (Å²) in [5.74, 6) is 2.11. The molecule has 1 spiro atoms. The quantitative estimate of drug-likeness (QED) is 0.724. The Morgan fingerprint density at radius 3 is 2.28 bits per heavy atom. The van der Waals surface area contributed by atoms with Gasteiger partial charge in [0.05, 0.1) is 0 Å². The Labute approximate surface area is 188 Å². The minimum Gasteiger partial charge on any atom is -0.352 e. The number of piperidine rings is 2. The average molecular weight is 442 g/mol. The van der Waals surface area contributed by atoms with Crippen molar-refractivity contribution in [3.05, 3.63) is 35.4 Å². The first-order valence-corrected chi connectivity index (χ1v) is 10.8. The van der Waals surface area contributed by atoms with Gasteiger partial charge in [-0.1, -0.05) is 38.1 Å². The molecule has 3 unspecified atom stereocenters. The lowest BCUT2D eigenvalue weighted by Crippen LogP contribution is -2.38. The standard InChI is InChI=1S/C23H35N3O.2ClH/c1-17-11-18(2)15-26(14-17)16-20-5-3-19(4-6-20)13-25-22(27)21-12-23(21)7-9-24-10-8-23;;/h3-6,17-18,21,24H,7-16H2,1-2H3,(H,25,27);2*1H. The van der Waals surface area contributed by atoms with E-state index in [0.29, 0.717) is 12.0 Å². The number of nitrogens with zero attached hydrogens (tertiary/aromatic N) is 1. The summed E-state index contributed by atoms with van der Waals surface area (Å²) in [5, 5.41) is 6.58. The number of halogens is 2. The second-order valence-corrected chi connectivity index (χ2v) is 9.54. The Morgan fingerprint density at radius 1 is 1.07 bits per heavy atom. The van der Waals surface area contributed by atoms with Crippen molar-refractivity contribution in [3.8, 4) is 0 Å². The normalized spacial score (nSPS) is 28.1. The molecule has 1 aliphatic carbocycles. The molecule has 2 N–H and O–H groups in total. The Bertz CT molecular complexity index is 651. The highest BCUT2D eigenvalue weighted by Gasteiger charge is 2.57. The third kappa shape index (κ3) is 6.10. The van der Waals surface area contributed by atoms with Gasteiger partial charge in [0, 0.05) is 32.1 Å². The van der Waals surface area contributed by atoms with E-state index in [1.807, 2.05) is 0 Å². The fourth-order valence-electron chi connectivity index (χ4n) is 5.45. The highest BCUT2D eigenvalue weighted by molar-refractivity contribution is 5.85. The van der Waals surface area contributed by atoms with Crippen molar-refractivity contribution in [2.24, 2.45) is 23.2 Å². The van der Waals surface area contributed by atoms with Crippen LogP contribution in [0.3, 0.4) is 0 Å². The van der Waals surface area contributed by atoms with Crippen LogP contribution in [-0.2, 0) is 17.9 Å². The summed E-state index contributed by atoms with van der Waals surface area (Å²) in [7, 11) is 0. The van der Waals surface area contributed by atoms with Crippen LogP contribution < -0.4 is 10.6 Å². The Balaban J connectivity index is 0.00000150. The van der Waals surface area contributed by atoms with Gasteiger partial charge in [-0.05, 0) is 67.2 Å². The molecular weight excluding hydrogens is 405 g/mol. The molecule has 6 heteroatoms. The van der Waals surface area contributed by atoms with E-state index in [9.17, 15) is 4.79 Å². The van der Waals surface area contributed by atoms with Crippen molar-refractivity contribution in [3.63, 3.8) is 0 Å². The predicted molar refractivity (Wildman–Crippen MR) is 124 cm³/mol. The smallest absolute Gasteiger partial charge is 0.223 e. The number of benzene rings is 1. The summed E-state index contributed by atoms with van der Waals surface area (Å²) >= 11 is 0. The topological polar surface area (TPSA) is 44.4 Å². The summed E-state index contributed by atoms with van der Waals surface area (Å²) in [6, 6.07) is 8.83. The van der Waals surface area contributed by atoms with Gasteiger partial charge in [0.1, 0.15) is 0 Å². The lowest BCUT2D eigenvalue weighted by atomic mass is 9.91. The molecule has 164 valence electrons. The van der Waals surface area contributed by atoms with Crippen molar-refractivity contribution in [2.75, 3.05) is 26.2 Å². The molecule has 1 aromatic carbocycles. The molecule has 29 heavy (non-hydrogen) atoms.